The van der Waals surface area contributed by atoms with E-state index in [0.29, 0.717) is 19.0 Å². The summed E-state index contributed by atoms with van der Waals surface area (Å²) in [5, 5.41) is 2.90. The summed E-state index contributed by atoms with van der Waals surface area (Å²) in [7, 11) is 0. The maximum Gasteiger partial charge on any atom is 0.238 e. The average Bonchev–Trinajstić information content (AvgIpc) is 3.01. The minimum atomic E-state index is -0.0934. The van der Waals surface area contributed by atoms with E-state index in [4.69, 9.17) is 10.8 Å². The lowest BCUT2D eigenvalue weighted by Crippen LogP contribution is -2.33. The molecule has 120 valence electrons. The van der Waals surface area contributed by atoms with Crippen molar-refractivity contribution >= 4 is 11.6 Å². The Morgan fingerprint density at radius 1 is 1.30 bits per heavy atom. The number of hydrogen-bond acceptors (Lipinski definition) is 3. The molecule has 23 heavy (non-hydrogen) atoms. The number of nitrogens with one attached hydrogen (secondary N) is 1. The van der Waals surface area contributed by atoms with Gasteiger partial charge in [-0.25, -0.2) is 0 Å². The molecule has 0 saturated heterocycles. The normalized spacial score (nSPS) is 10.7. The van der Waals surface area contributed by atoms with Crippen LogP contribution in [0.3, 0.4) is 0 Å². The Labute approximate surface area is 137 Å². The Morgan fingerprint density at radius 2 is 2.04 bits per heavy atom. The molecule has 1 aromatic carbocycles. The van der Waals surface area contributed by atoms with E-state index in [9.17, 15) is 4.79 Å². The Morgan fingerprint density at radius 3 is 2.61 bits per heavy atom. The molecule has 0 aliphatic heterocycles. The first-order valence-electron chi connectivity index (χ1n) is 7.66. The molecule has 0 radical (unpaired) electrons. The van der Waals surface area contributed by atoms with Crippen LogP contribution in [0.1, 0.15) is 31.1 Å². The first-order valence-corrected chi connectivity index (χ1v) is 7.66. The van der Waals surface area contributed by atoms with E-state index in [-0.39, 0.29) is 12.5 Å². The topological polar surface area (TPSA) is 45.5 Å². The number of terminal acetylenes is 1. The minimum Gasteiger partial charge on any atom is -0.468 e. The number of nitrogens with zero attached hydrogens (tertiary/aromatic N) is 1. The molecule has 2 rings (SSSR count). The van der Waals surface area contributed by atoms with Gasteiger partial charge >= 0.3 is 0 Å². The Balaban J connectivity index is 1.92. The van der Waals surface area contributed by atoms with Gasteiger partial charge in [-0.3, -0.25) is 9.69 Å². The van der Waals surface area contributed by atoms with Crippen molar-refractivity contribution in [3.8, 4) is 12.3 Å². The number of amides is 1. The molecule has 4 nitrogen and oxygen atoms in total. The highest BCUT2D eigenvalue weighted by atomic mass is 16.3. The van der Waals surface area contributed by atoms with Crippen molar-refractivity contribution in [2.45, 2.75) is 26.3 Å². The number of carbonyl (C=O) groups is 1. The molecule has 0 saturated carbocycles. The van der Waals surface area contributed by atoms with Crippen LogP contribution in [0.5, 0.6) is 0 Å². The smallest absolute Gasteiger partial charge is 0.238 e. The van der Waals surface area contributed by atoms with E-state index in [1.165, 1.54) is 5.56 Å². The van der Waals surface area contributed by atoms with Crippen molar-refractivity contribution in [2.24, 2.45) is 0 Å². The van der Waals surface area contributed by atoms with Crippen LogP contribution in [0.2, 0.25) is 0 Å². The van der Waals surface area contributed by atoms with Gasteiger partial charge in [-0.05, 0) is 35.7 Å². The Bertz CT molecular complexity index is 652. The first-order chi connectivity index (χ1) is 11.1. The molecule has 0 spiro atoms. The molecule has 2 aromatic rings. The van der Waals surface area contributed by atoms with E-state index < -0.39 is 0 Å². The summed E-state index contributed by atoms with van der Waals surface area (Å²) in [6, 6.07) is 11.6. The Hall–Kier alpha value is -2.51. The van der Waals surface area contributed by atoms with Crippen molar-refractivity contribution < 1.29 is 9.21 Å². The van der Waals surface area contributed by atoms with Gasteiger partial charge in [-0.1, -0.05) is 31.9 Å². The van der Waals surface area contributed by atoms with E-state index >= 15 is 0 Å². The van der Waals surface area contributed by atoms with Gasteiger partial charge < -0.3 is 9.73 Å². The molecule has 1 heterocycles. The van der Waals surface area contributed by atoms with E-state index in [0.717, 1.165) is 11.4 Å². The quantitative estimate of drug-likeness (QED) is 0.796. The standard InChI is InChI=1S/C19H22N2O2/c1-4-11-21(13-18-6-5-12-23-18)14-19(22)20-17-9-7-16(8-10-17)15(2)3/h1,5-10,12,15H,11,13-14H2,2-3H3,(H,20,22). The fourth-order valence-corrected chi connectivity index (χ4v) is 2.27. The second-order valence-corrected chi connectivity index (χ2v) is 5.75. The third kappa shape index (κ3) is 5.32. The van der Waals surface area contributed by atoms with Crippen LogP contribution in [0.4, 0.5) is 5.69 Å². The zero-order valence-electron chi connectivity index (χ0n) is 13.6. The van der Waals surface area contributed by atoms with Gasteiger partial charge in [0.05, 0.1) is 25.9 Å². The Kier molecular flexibility index (Phi) is 6.02. The number of carbonyl (C=O) groups excluding carboxylic acids is 1. The van der Waals surface area contributed by atoms with Crippen LogP contribution >= 0.6 is 0 Å². The van der Waals surface area contributed by atoms with Gasteiger partial charge in [0, 0.05) is 5.69 Å². The highest BCUT2D eigenvalue weighted by Gasteiger charge is 2.12. The van der Waals surface area contributed by atoms with Crippen molar-refractivity contribution in [3.63, 3.8) is 0 Å². The molecule has 0 bridgehead atoms. The fraction of sp³-hybridized carbons (Fsp3) is 0.316. The predicted molar refractivity (Wildman–Crippen MR) is 92.0 cm³/mol. The van der Waals surface area contributed by atoms with Crippen molar-refractivity contribution in [2.75, 3.05) is 18.4 Å². The fourth-order valence-electron chi connectivity index (χ4n) is 2.27. The second kappa shape index (κ2) is 8.21. The van der Waals surface area contributed by atoms with Crippen LogP contribution in [-0.2, 0) is 11.3 Å². The van der Waals surface area contributed by atoms with Gasteiger partial charge in [0.15, 0.2) is 0 Å². The second-order valence-electron chi connectivity index (χ2n) is 5.75. The lowest BCUT2D eigenvalue weighted by Gasteiger charge is -2.18. The zero-order chi connectivity index (χ0) is 16.7. The number of benzene rings is 1. The van der Waals surface area contributed by atoms with Crippen LogP contribution in [0.15, 0.2) is 47.1 Å². The van der Waals surface area contributed by atoms with Crippen molar-refractivity contribution in [1.82, 2.24) is 4.90 Å². The monoisotopic (exact) mass is 310 g/mol. The van der Waals surface area contributed by atoms with Crippen molar-refractivity contribution in [1.29, 1.82) is 0 Å². The summed E-state index contributed by atoms with van der Waals surface area (Å²) in [4.78, 5) is 14.1. The molecular weight excluding hydrogens is 288 g/mol. The maximum absolute atomic E-state index is 12.2. The molecule has 0 aliphatic rings. The summed E-state index contributed by atoms with van der Waals surface area (Å²) in [5.74, 6) is 3.74. The van der Waals surface area contributed by atoms with E-state index in [1.807, 2.05) is 41.3 Å². The molecule has 0 unspecified atom stereocenters. The van der Waals surface area contributed by atoms with Gasteiger partial charge in [-0.15, -0.1) is 6.42 Å². The highest BCUT2D eigenvalue weighted by molar-refractivity contribution is 5.92. The first kappa shape index (κ1) is 16.9. The van der Waals surface area contributed by atoms with E-state index in [2.05, 4.69) is 25.1 Å². The van der Waals surface area contributed by atoms with Crippen LogP contribution in [0, 0.1) is 12.3 Å². The van der Waals surface area contributed by atoms with Crippen LogP contribution in [-0.4, -0.2) is 23.9 Å². The minimum absolute atomic E-state index is 0.0934. The highest BCUT2D eigenvalue weighted by Crippen LogP contribution is 2.17. The molecule has 4 heteroatoms. The molecule has 0 atom stereocenters. The van der Waals surface area contributed by atoms with Crippen molar-refractivity contribution in [3.05, 3.63) is 54.0 Å². The largest absolute Gasteiger partial charge is 0.468 e. The summed E-state index contributed by atoms with van der Waals surface area (Å²) in [6.45, 7) is 5.40. The molecule has 1 aromatic heterocycles. The third-order valence-corrected chi connectivity index (χ3v) is 3.50. The summed E-state index contributed by atoms with van der Waals surface area (Å²) < 4.78 is 5.30. The number of anilines is 1. The molecule has 1 N–H and O–H groups in total. The third-order valence-electron chi connectivity index (χ3n) is 3.50. The molecular formula is C19H22N2O2. The summed E-state index contributed by atoms with van der Waals surface area (Å²) in [6.07, 6.45) is 6.99. The zero-order valence-corrected chi connectivity index (χ0v) is 13.6. The molecule has 0 fully saturated rings. The van der Waals surface area contributed by atoms with Crippen LogP contribution < -0.4 is 5.32 Å². The van der Waals surface area contributed by atoms with Gasteiger partial charge in [0.1, 0.15) is 5.76 Å². The lowest BCUT2D eigenvalue weighted by atomic mass is 10.0. The molecule has 1 amide bonds. The van der Waals surface area contributed by atoms with Gasteiger partial charge in [0.25, 0.3) is 0 Å². The van der Waals surface area contributed by atoms with Gasteiger partial charge in [0.2, 0.25) is 5.91 Å². The predicted octanol–water partition coefficient (Wildman–Crippen LogP) is 3.48. The number of furan rings is 1. The maximum atomic E-state index is 12.2. The lowest BCUT2D eigenvalue weighted by molar-refractivity contribution is -0.117. The summed E-state index contributed by atoms with van der Waals surface area (Å²) in [5.41, 5.74) is 2.04. The molecule has 0 aliphatic carbocycles. The van der Waals surface area contributed by atoms with Gasteiger partial charge in [-0.2, -0.15) is 0 Å². The SMILES string of the molecule is C#CCN(CC(=O)Nc1ccc(C(C)C)cc1)Cc1ccco1. The average molecular weight is 310 g/mol. The van der Waals surface area contributed by atoms with Crippen LogP contribution in [0.25, 0.3) is 0 Å². The number of rotatable bonds is 7. The van der Waals surface area contributed by atoms with E-state index in [1.54, 1.807) is 6.26 Å². The summed E-state index contributed by atoms with van der Waals surface area (Å²) >= 11 is 0. The number of hydrogen-bond donors (Lipinski definition) is 1.